The number of hydrogen-bond acceptors (Lipinski definition) is 8. The van der Waals surface area contributed by atoms with E-state index in [4.69, 9.17) is 37.4 Å². The number of halogens is 2. The number of rotatable bonds is 6. The van der Waals surface area contributed by atoms with Crippen LogP contribution < -0.4 is 0 Å². The van der Waals surface area contributed by atoms with Gasteiger partial charge in [0, 0.05) is 6.42 Å². The molecule has 5 rings (SSSR count). The number of nitrogens with zero attached hydrogens (tertiary/aromatic N) is 4. The van der Waals surface area contributed by atoms with Gasteiger partial charge in [0.05, 0.1) is 17.5 Å². The average molecular weight is 541 g/mol. The fourth-order valence-corrected chi connectivity index (χ4v) is 4.46. The normalized spacial score (nSPS) is 19.2. The summed E-state index contributed by atoms with van der Waals surface area (Å²) in [5, 5.41) is 0.0702. The van der Waals surface area contributed by atoms with Crippen molar-refractivity contribution in [1.29, 1.82) is 0 Å². The third kappa shape index (κ3) is 5.44. The topological polar surface area (TPSA) is 105 Å². The van der Waals surface area contributed by atoms with Gasteiger partial charge in [0.1, 0.15) is 30.6 Å². The van der Waals surface area contributed by atoms with E-state index in [1.165, 1.54) is 6.33 Å². The summed E-state index contributed by atoms with van der Waals surface area (Å²) in [6.07, 6.45) is -0.319. The van der Waals surface area contributed by atoms with Crippen molar-refractivity contribution >= 4 is 46.3 Å². The molecule has 0 amide bonds. The molecule has 0 radical (unpaired) electrons. The number of hydrogen-bond donors (Lipinski definition) is 0. The summed E-state index contributed by atoms with van der Waals surface area (Å²) in [5.74, 6) is -1.01. The minimum atomic E-state index is -0.737. The number of carbonyl (C=O) groups excluding carboxylic acids is 2. The van der Waals surface area contributed by atoms with E-state index in [-0.39, 0.29) is 23.5 Å². The molecule has 0 spiro atoms. The standard InChI is InChI=1S/C26H22Cl2N4O5/c1-14-3-7-16(8-4-14)24(33)35-12-19-18(37-25(34)17-9-5-15(2)6-10-17)11-20(36-19)32-13-29-21-22(27)30-26(28)31-23(21)32/h3-10,13,18-20H,11-12H2,1-2H3/t18-,19+,20-/m1/s1. The molecule has 3 atom stereocenters. The van der Waals surface area contributed by atoms with Crippen LogP contribution in [0.1, 0.15) is 44.5 Å². The van der Waals surface area contributed by atoms with Gasteiger partial charge in [0.15, 0.2) is 10.8 Å². The number of ether oxygens (including phenoxy) is 3. The maximum atomic E-state index is 12.9. The molecule has 1 aliphatic rings. The van der Waals surface area contributed by atoms with Crippen LogP contribution in [0.15, 0.2) is 54.9 Å². The van der Waals surface area contributed by atoms with Crippen molar-refractivity contribution in [2.75, 3.05) is 6.61 Å². The largest absolute Gasteiger partial charge is 0.459 e. The number of fused-ring (bicyclic) bond motifs is 1. The molecule has 9 nitrogen and oxygen atoms in total. The van der Waals surface area contributed by atoms with Crippen LogP contribution in [-0.4, -0.2) is 50.3 Å². The van der Waals surface area contributed by atoms with E-state index >= 15 is 0 Å². The molecule has 2 aromatic carbocycles. The second-order valence-corrected chi connectivity index (χ2v) is 9.44. The molecular formula is C26H22Cl2N4O5. The Balaban J connectivity index is 1.37. The zero-order valence-corrected chi connectivity index (χ0v) is 21.4. The van der Waals surface area contributed by atoms with Gasteiger partial charge in [-0.1, -0.05) is 47.0 Å². The minimum absolute atomic E-state index is 0.0387. The fourth-order valence-electron chi connectivity index (χ4n) is 4.04. The molecule has 37 heavy (non-hydrogen) atoms. The molecule has 1 aliphatic heterocycles. The summed E-state index contributed by atoms with van der Waals surface area (Å²) >= 11 is 12.2. The Morgan fingerprint density at radius 1 is 0.973 bits per heavy atom. The van der Waals surface area contributed by atoms with Gasteiger partial charge in [0.25, 0.3) is 0 Å². The molecular weight excluding hydrogens is 519 g/mol. The summed E-state index contributed by atoms with van der Waals surface area (Å²) in [4.78, 5) is 37.9. The summed E-state index contributed by atoms with van der Waals surface area (Å²) in [6.45, 7) is 3.73. The molecule has 11 heteroatoms. The third-order valence-corrected chi connectivity index (χ3v) is 6.49. The molecule has 4 aromatic rings. The van der Waals surface area contributed by atoms with Gasteiger partial charge >= 0.3 is 11.9 Å². The lowest BCUT2D eigenvalue weighted by atomic mass is 10.1. The second kappa shape index (κ2) is 10.5. The van der Waals surface area contributed by atoms with Gasteiger partial charge in [0.2, 0.25) is 5.28 Å². The van der Waals surface area contributed by atoms with Gasteiger partial charge in [-0.15, -0.1) is 0 Å². The Kier molecular flexibility index (Phi) is 7.10. The van der Waals surface area contributed by atoms with Gasteiger partial charge in [-0.2, -0.15) is 4.98 Å². The van der Waals surface area contributed by atoms with Crippen molar-refractivity contribution in [1.82, 2.24) is 19.5 Å². The van der Waals surface area contributed by atoms with E-state index in [1.54, 1.807) is 28.8 Å². The maximum Gasteiger partial charge on any atom is 0.338 e. The lowest BCUT2D eigenvalue weighted by Crippen LogP contribution is -2.32. The van der Waals surface area contributed by atoms with Crippen LogP contribution in [0.5, 0.6) is 0 Å². The SMILES string of the molecule is Cc1ccc(C(=O)OC[C@@H]2O[C@@H](n3cnc4c(Cl)nc(Cl)nc43)C[C@H]2OC(=O)c2ccc(C)cc2)cc1. The Morgan fingerprint density at radius 2 is 1.59 bits per heavy atom. The minimum Gasteiger partial charge on any atom is -0.459 e. The highest BCUT2D eigenvalue weighted by atomic mass is 35.5. The summed E-state index contributed by atoms with van der Waals surface area (Å²) in [5.41, 5.74) is 3.60. The molecule has 2 aromatic heterocycles. The number of aryl methyl sites for hydroxylation is 2. The molecule has 1 fully saturated rings. The van der Waals surface area contributed by atoms with Crippen molar-refractivity contribution in [2.45, 2.75) is 38.7 Å². The zero-order valence-electron chi connectivity index (χ0n) is 19.9. The Morgan fingerprint density at radius 3 is 2.24 bits per heavy atom. The van der Waals surface area contributed by atoms with Crippen LogP contribution in [0, 0.1) is 13.8 Å². The third-order valence-electron chi connectivity index (χ3n) is 6.05. The van der Waals surface area contributed by atoms with Crippen molar-refractivity contribution in [2.24, 2.45) is 0 Å². The second-order valence-electron chi connectivity index (χ2n) is 8.75. The van der Waals surface area contributed by atoms with Gasteiger partial charge < -0.3 is 14.2 Å². The summed E-state index contributed by atoms with van der Waals surface area (Å²) in [6, 6.07) is 14.1. The molecule has 3 heterocycles. The number of aromatic nitrogens is 4. The van der Waals surface area contributed by atoms with E-state index in [9.17, 15) is 9.59 Å². The van der Waals surface area contributed by atoms with Crippen LogP contribution >= 0.6 is 23.2 Å². The van der Waals surface area contributed by atoms with Crippen LogP contribution in [0.4, 0.5) is 0 Å². The van der Waals surface area contributed by atoms with E-state index in [1.807, 2.05) is 38.1 Å². The number of esters is 2. The first-order chi connectivity index (χ1) is 17.8. The van der Waals surface area contributed by atoms with Crippen LogP contribution in [-0.2, 0) is 14.2 Å². The molecule has 0 N–H and O–H groups in total. The lowest BCUT2D eigenvalue weighted by molar-refractivity contribution is -0.0563. The molecule has 0 bridgehead atoms. The van der Waals surface area contributed by atoms with Gasteiger partial charge in [-0.25, -0.2) is 19.6 Å². The molecule has 0 unspecified atom stereocenters. The number of imidazole rings is 1. The highest BCUT2D eigenvalue weighted by molar-refractivity contribution is 6.35. The first-order valence-electron chi connectivity index (χ1n) is 11.5. The van der Waals surface area contributed by atoms with Crippen LogP contribution in [0.2, 0.25) is 10.4 Å². The van der Waals surface area contributed by atoms with Crippen LogP contribution in [0.25, 0.3) is 11.2 Å². The number of benzene rings is 2. The Labute approximate surface area is 222 Å². The zero-order chi connectivity index (χ0) is 26.1. The van der Waals surface area contributed by atoms with Crippen molar-refractivity contribution in [3.63, 3.8) is 0 Å². The lowest BCUT2D eigenvalue weighted by Gasteiger charge is -2.19. The Hall–Kier alpha value is -3.53. The van der Waals surface area contributed by atoms with Crippen molar-refractivity contribution in [3.8, 4) is 0 Å². The Bertz CT molecular complexity index is 1460. The molecule has 0 aliphatic carbocycles. The maximum absolute atomic E-state index is 12.9. The molecule has 0 saturated carbocycles. The molecule has 190 valence electrons. The number of carbonyl (C=O) groups is 2. The first-order valence-corrected chi connectivity index (χ1v) is 12.3. The quantitative estimate of drug-likeness (QED) is 0.188. The van der Waals surface area contributed by atoms with E-state index in [0.29, 0.717) is 22.3 Å². The average Bonchev–Trinajstić information content (AvgIpc) is 3.47. The summed E-state index contributed by atoms with van der Waals surface area (Å²) in [7, 11) is 0. The summed E-state index contributed by atoms with van der Waals surface area (Å²) < 4.78 is 19.2. The van der Waals surface area contributed by atoms with Crippen molar-refractivity contribution in [3.05, 3.63) is 87.5 Å². The smallest absolute Gasteiger partial charge is 0.338 e. The predicted molar refractivity (Wildman–Crippen MR) is 136 cm³/mol. The van der Waals surface area contributed by atoms with Crippen LogP contribution in [0.3, 0.4) is 0 Å². The van der Waals surface area contributed by atoms with Gasteiger partial charge in [-0.3, -0.25) is 4.57 Å². The van der Waals surface area contributed by atoms with Gasteiger partial charge in [-0.05, 0) is 49.7 Å². The van der Waals surface area contributed by atoms with E-state index in [0.717, 1.165) is 11.1 Å². The van der Waals surface area contributed by atoms with Crippen molar-refractivity contribution < 1.29 is 23.8 Å². The van der Waals surface area contributed by atoms with E-state index in [2.05, 4.69) is 15.0 Å². The highest BCUT2D eigenvalue weighted by Gasteiger charge is 2.40. The predicted octanol–water partition coefficient (Wildman–Crippen LogP) is 5.12. The fraction of sp³-hybridized carbons (Fsp3) is 0.269. The highest BCUT2D eigenvalue weighted by Crippen LogP contribution is 2.34. The molecule has 1 saturated heterocycles. The first kappa shape index (κ1) is 25.1. The van der Waals surface area contributed by atoms with E-state index < -0.39 is 30.4 Å². The monoisotopic (exact) mass is 540 g/mol.